The fraction of sp³-hybridized carbons (Fsp3) is 0.381. The predicted octanol–water partition coefficient (Wildman–Crippen LogP) is 2.25. The summed E-state index contributed by atoms with van der Waals surface area (Å²) in [7, 11) is 3.46. The van der Waals surface area contributed by atoms with Gasteiger partial charge >= 0.3 is 0 Å². The third kappa shape index (κ3) is 9.60. The number of aryl methyl sites for hydroxylation is 1. The molecule has 2 N–H and O–H groups in total. The fourth-order valence-electron chi connectivity index (χ4n) is 2.44. The van der Waals surface area contributed by atoms with E-state index in [0.29, 0.717) is 25.7 Å². The maximum atomic E-state index is 12.3. The molecule has 0 spiro atoms. The monoisotopic (exact) mass is 511 g/mol. The number of pyridine rings is 1. The van der Waals surface area contributed by atoms with Gasteiger partial charge in [0.05, 0.1) is 13.1 Å². The number of hydrogen-bond acceptors (Lipinski definition) is 4. The first kappa shape index (κ1) is 24.7. The zero-order chi connectivity index (χ0) is 20.2. The number of guanidine groups is 1. The minimum Gasteiger partial charge on any atom is -0.492 e. The highest BCUT2D eigenvalue weighted by atomic mass is 127. The van der Waals surface area contributed by atoms with Crippen LogP contribution in [-0.2, 0) is 11.2 Å². The van der Waals surface area contributed by atoms with Crippen LogP contribution in [0.3, 0.4) is 0 Å². The maximum Gasteiger partial charge on any atom is 0.241 e. The van der Waals surface area contributed by atoms with Crippen molar-refractivity contribution in [2.24, 2.45) is 4.99 Å². The van der Waals surface area contributed by atoms with Gasteiger partial charge in [0, 0.05) is 39.0 Å². The predicted molar refractivity (Wildman–Crippen MR) is 127 cm³/mol. The highest BCUT2D eigenvalue weighted by Crippen LogP contribution is 2.10. The number of carbonyl (C=O) groups is 1. The first-order valence-corrected chi connectivity index (χ1v) is 9.36. The molecule has 0 bridgehead atoms. The Hall–Kier alpha value is -2.36. The molecule has 0 saturated carbocycles. The molecule has 29 heavy (non-hydrogen) atoms. The molecule has 1 aromatic carbocycles. The molecule has 2 rings (SSSR count). The van der Waals surface area contributed by atoms with E-state index in [1.54, 1.807) is 25.2 Å². The lowest BCUT2D eigenvalue weighted by Gasteiger charge is -2.18. The van der Waals surface area contributed by atoms with Crippen LogP contribution in [0, 0.1) is 6.92 Å². The van der Waals surface area contributed by atoms with Gasteiger partial charge in [0.2, 0.25) is 5.91 Å². The number of rotatable bonds is 9. The van der Waals surface area contributed by atoms with Crippen LogP contribution >= 0.6 is 24.0 Å². The number of amides is 1. The number of halogens is 1. The number of nitrogens with one attached hydrogen (secondary N) is 2. The molecule has 0 aliphatic heterocycles. The summed E-state index contributed by atoms with van der Waals surface area (Å²) in [6.07, 6.45) is 2.49. The van der Waals surface area contributed by atoms with Crippen LogP contribution in [0.25, 0.3) is 0 Å². The highest BCUT2D eigenvalue weighted by Gasteiger charge is 2.09. The van der Waals surface area contributed by atoms with Crippen LogP contribution in [0.4, 0.5) is 0 Å². The topological polar surface area (TPSA) is 78.9 Å². The highest BCUT2D eigenvalue weighted by molar-refractivity contribution is 14.0. The summed E-state index contributed by atoms with van der Waals surface area (Å²) in [5, 5.41) is 6.17. The zero-order valence-corrected chi connectivity index (χ0v) is 19.6. The van der Waals surface area contributed by atoms with E-state index < -0.39 is 0 Å². The molecule has 8 heteroatoms. The molecule has 158 valence electrons. The molecule has 2 aromatic rings. The Labute approximate surface area is 190 Å². The summed E-state index contributed by atoms with van der Waals surface area (Å²) in [6.45, 7) is 3.92. The van der Waals surface area contributed by atoms with Gasteiger partial charge in [-0.05, 0) is 31.2 Å². The first-order chi connectivity index (χ1) is 13.6. The second kappa shape index (κ2) is 13.8. The molecular weight excluding hydrogens is 481 g/mol. The largest absolute Gasteiger partial charge is 0.492 e. The van der Waals surface area contributed by atoms with Gasteiger partial charge in [-0.3, -0.25) is 14.8 Å². The zero-order valence-electron chi connectivity index (χ0n) is 17.2. The van der Waals surface area contributed by atoms with Gasteiger partial charge in [-0.2, -0.15) is 0 Å². The number of aromatic nitrogens is 1. The minimum absolute atomic E-state index is 0. The quantitative estimate of drug-likeness (QED) is 0.234. The van der Waals surface area contributed by atoms with Crippen molar-refractivity contribution in [3.05, 3.63) is 59.9 Å². The van der Waals surface area contributed by atoms with E-state index in [9.17, 15) is 4.79 Å². The summed E-state index contributed by atoms with van der Waals surface area (Å²) in [6, 6.07) is 13.7. The Morgan fingerprint density at radius 3 is 2.59 bits per heavy atom. The van der Waals surface area contributed by atoms with Crippen LogP contribution in [0.15, 0.2) is 53.7 Å². The van der Waals surface area contributed by atoms with Gasteiger partial charge in [-0.1, -0.05) is 23.8 Å². The van der Waals surface area contributed by atoms with E-state index in [1.807, 2.05) is 49.4 Å². The molecule has 0 unspecified atom stereocenters. The second-order valence-electron chi connectivity index (χ2n) is 6.40. The van der Waals surface area contributed by atoms with E-state index in [-0.39, 0.29) is 36.4 Å². The average molecular weight is 511 g/mol. The molecule has 1 amide bonds. The van der Waals surface area contributed by atoms with Crippen molar-refractivity contribution in [1.29, 1.82) is 0 Å². The summed E-state index contributed by atoms with van der Waals surface area (Å²) in [5.41, 5.74) is 2.17. The van der Waals surface area contributed by atoms with Crippen molar-refractivity contribution < 1.29 is 9.53 Å². The summed E-state index contributed by atoms with van der Waals surface area (Å²) in [4.78, 5) is 22.4. The number of aliphatic imine (C=N–C) groups is 1. The van der Waals surface area contributed by atoms with Crippen molar-refractivity contribution in [3.8, 4) is 5.75 Å². The van der Waals surface area contributed by atoms with Crippen LogP contribution in [0.5, 0.6) is 5.75 Å². The first-order valence-electron chi connectivity index (χ1n) is 9.36. The Kier molecular flexibility index (Phi) is 11.7. The molecule has 0 radical (unpaired) electrons. The number of carbonyl (C=O) groups excluding carboxylic acids is 1. The molecule has 0 atom stereocenters. The van der Waals surface area contributed by atoms with Crippen LogP contribution in [-0.4, -0.2) is 62.1 Å². The molecule has 0 saturated heterocycles. The number of hydrogen-bond donors (Lipinski definition) is 2. The van der Waals surface area contributed by atoms with E-state index in [4.69, 9.17) is 4.74 Å². The normalized spacial score (nSPS) is 10.7. The third-order valence-electron chi connectivity index (χ3n) is 4.17. The fourth-order valence-corrected chi connectivity index (χ4v) is 2.44. The van der Waals surface area contributed by atoms with Crippen LogP contribution in [0.1, 0.15) is 11.3 Å². The smallest absolute Gasteiger partial charge is 0.241 e. The number of benzene rings is 1. The lowest BCUT2D eigenvalue weighted by Crippen LogP contribution is -2.45. The minimum atomic E-state index is -0.00483. The Morgan fingerprint density at radius 1 is 1.17 bits per heavy atom. The van der Waals surface area contributed by atoms with Gasteiger partial charge in [-0.25, -0.2) is 0 Å². The van der Waals surface area contributed by atoms with Crippen molar-refractivity contribution >= 4 is 35.8 Å². The second-order valence-corrected chi connectivity index (χ2v) is 6.40. The van der Waals surface area contributed by atoms with Gasteiger partial charge in [0.1, 0.15) is 12.4 Å². The lowest BCUT2D eigenvalue weighted by molar-refractivity contribution is -0.128. The Morgan fingerprint density at radius 2 is 1.93 bits per heavy atom. The van der Waals surface area contributed by atoms with Crippen molar-refractivity contribution in [3.63, 3.8) is 0 Å². The van der Waals surface area contributed by atoms with Gasteiger partial charge in [0.25, 0.3) is 0 Å². The van der Waals surface area contributed by atoms with E-state index in [2.05, 4.69) is 20.6 Å². The molecule has 0 aliphatic carbocycles. The Balaban J connectivity index is 0.00000420. The van der Waals surface area contributed by atoms with Crippen LogP contribution in [0.2, 0.25) is 0 Å². The average Bonchev–Trinajstić information content (AvgIpc) is 2.73. The third-order valence-corrected chi connectivity index (χ3v) is 4.17. The molecule has 0 aliphatic rings. The lowest BCUT2D eigenvalue weighted by atomic mass is 10.2. The summed E-state index contributed by atoms with van der Waals surface area (Å²) >= 11 is 0. The van der Waals surface area contributed by atoms with E-state index in [1.165, 1.54) is 5.56 Å². The number of likely N-dealkylation sites (N-methyl/N-ethyl adjacent to an activating group) is 1. The molecular formula is C21H30IN5O2. The molecule has 1 aromatic heterocycles. The number of ether oxygens (including phenoxy) is 1. The summed E-state index contributed by atoms with van der Waals surface area (Å²) in [5.74, 6) is 1.40. The Bertz CT molecular complexity index is 753. The molecule has 0 fully saturated rings. The van der Waals surface area contributed by atoms with Gasteiger partial charge < -0.3 is 20.3 Å². The summed E-state index contributed by atoms with van der Waals surface area (Å²) < 4.78 is 5.67. The standard InChI is InChI=1S/C21H29N5O2.HI/c1-17-7-9-19(10-8-17)28-15-13-24-21(22-2)25-16-20(27)26(3)14-11-18-6-4-5-12-23-18;/h4-10,12H,11,13-16H2,1-3H3,(H2,22,24,25);1H. The maximum absolute atomic E-state index is 12.3. The van der Waals surface area contributed by atoms with Crippen LogP contribution < -0.4 is 15.4 Å². The van der Waals surface area contributed by atoms with E-state index >= 15 is 0 Å². The van der Waals surface area contributed by atoms with E-state index in [0.717, 1.165) is 17.9 Å². The number of nitrogens with zero attached hydrogens (tertiary/aromatic N) is 3. The SMILES string of the molecule is CN=C(NCCOc1ccc(C)cc1)NCC(=O)N(C)CCc1ccccn1.I. The van der Waals surface area contributed by atoms with Crippen molar-refractivity contribution in [1.82, 2.24) is 20.5 Å². The molecule has 7 nitrogen and oxygen atoms in total. The molecule has 1 heterocycles. The van der Waals surface area contributed by atoms with Gasteiger partial charge in [-0.15, -0.1) is 24.0 Å². The van der Waals surface area contributed by atoms with Gasteiger partial charge in [0.15, 0.2) is 5.96 Å². The van der Waals surface area contributed by atoms with Crippen molar-refractivity contribution in [2.75, 3.05) is 40.3 Å². The van der Waals surface area contributed by atoms with Crippen molar-refractivity contribution in [2.45, 2.75) is 13.3 Å².